The molecule has 5 nitrogen and oxygen atoms in total. The molecular formula is C15H20N2O3S. The van der Waals surface area contributed by atoms with E-state index in [9.17, 15) is 8.42 Å². The first-order valence-corrected chi connectivity index (χ1v) is 8.83. The summed E-state index contributed by atoms with van der Waals surface area (Å²) < 4.78 is 27.8. The summed E-state index contributed by atoms with van der Waals surface area (Å²) in [7, 11) is -1.32. The van der Waals surface area contributed by atoms with Gasteiger partial charge in [-0.15, -0.1) is 0 Å². The van der Waals surface area contributed by atoms with Gasteiger partial charge in [-0.05, 0) is 25.5 Å². The molecule has 0 radical (unpaired) electrons. The summed E-state index contributed by atoms with van der Waals surface area (Å²) in [6.07, 6.45) is 3.54. The number of pyridine rings is 1. The highest BCUT2D eigenvalue weighted by Gasteiger charge is 2.11. The molecule has 1 aromatic heterocycles. The van der Waals surface area contributed by atoms with Crippen LogP contribution in [0.5, 0.6) is 5.75 Å². The van der Waals surface area contributed by atoms with Gasteiger partial charge in [0.25, 0.3) is 0 Å². The van der Waals surface area contributed by atoms with E-state index in [1.165, 1.54) is 6.26 Å². The first-order chi connectivity index (χ1) is 9.90. The normalized spacial score (nSPS) is 13.1. The van der Waals surface area contributed by atoms with E-state index >= 15 is 0 Å². The lowest BCUT2D eigenvalue weighted by atomic mass is 10.1. The number of sulfone groups is 1. The molecule has 0 saturated heterocycles. The van der Waals surface area contributed by atoms with E-state index < -0.39 is 9.84 Å². The summed E-state index contributed by atoms with van der Waals surface area (Å²) in [5.74, 6) is 0.896. The molecule has 0 fully saturated rings. The van der Waals surface area contributed by atoms with Crippen LogP contribution in [0.1, 0.15) is 13.3 Å². The lowest BCUT2D eigenvalue weighted by molar-refractivity contribution is 0.419. The molecule has 0 aliphatic rings. The number of anilines is 1. The van der Waals surface area contributed by atoms with Crippen LogP contribution in [-0.2, 0) is 9.84 Å². The minimum absolute atomic E-state index is 0.0523. The SMILES string of the molecule is COc1cccc2c(NC(C)CCS(C)(=O)=O)ccnc12. The number of benzene rings is 1. The van der Waals surface area contributed by atoms with Crippen LogP contribution in [0.3, 0.4) is 0 Å². The Morgan fingerprint density at radius 3 is 2.76 bits per heavy atom. The summed E-state index contributed by atoms with van der Waals surface area (Å²) >= 11 is 0. The van der Waals surface area contributed by atoms with Crippen molar-refractivity contribution < 1.29 is 13.2 Å². The molecule has 1 heterocycles. The highest BCUT2D eigenvalue weighted by atomic mass is 32.2. The van der Waals surface area contributed by atoms with Crippen molar-refractivity contribution in [3.8, 4) is 5.75 Å². The molecule has 0 amide bonds. The van der Waals surface area contributed by atoms with E-state index in [2.05, 4.69) is 10.3 Å². The molecule has 2 aromatic rings. The van der Waals surface area contributed by atoms with Gasteiger partial charge in [-0.3, -0.25) is 4.98 Å². The maximum atomic E-state index is 11.2. The van der Waals surface area contributed by atoms with E-state index in [4.69, 9.17) is 4.74 Å². The Labute approximate surface area is 125 Å². The predicted molar refractivity (Wildman–Crippen MR) is 85.7 cm³/mol. The summed E-state index contributed by atoms with van der Waals surface area (Å²) in [5, 5.41) is 4.31. The topological polar surface area (TPSA) is 68.3 Å². The molecule has 6 heteroatoms. The van der Waals surface area contributed by atoms with Gasteiger partial charge in [0, 0.05) is 29.6 Å². The van der Waals surface area contributed by atoms with Gasteiger partial charge in [0.05, 0.1) is 12.9 Å². The van der Waals surface area contributed by atoms with Gasteiger partial charge < -0.3 is 10.1 Å². The number of rotatable bonds is 6. The third kappa shape index (κ3) is 4.07. The van der Waals surface area contributed by atoms with Gasteiger partial charge in [0.15, 0.2) is 0 Å². The molecule has 0 saturated carbocycles. The van der Waals surface area contributed by atoms with E-state index in [1.54, 1.807) is 13.3 Å². The zero-order valence-corrected chi connectivity index (χ0v) is 13.3. The van der Waals surface area contributed by atoms with Crippen LogP contribution in [0.4, 0.5) is 5.69 Å². The van der Waals surface area contributed by atoms with Crippen LogP contribution in [-0.4, -0.2) is 38.6 Å². The molecule has 114 valence electrons. The van der Waals surface area contributed by atoms with E-state index in [0.717, 1.165) is 22.3 Å². The number of fused-ring (bicyclic) bond motifs is 1. The molecule has 21 heavy (non-hydrogen) atoms. The fourth-order valence-corrected chi connectivity index (χ4v) is 2.95. The monoisotopic (exact) mass is 308 g/mol. The lowest BCUT2D eigenvalue weighted by Gasteiger charge is -2.16. The smallest absolute Gasteiger partial charge is 0.147 e. The molecule has 2 rings (SSSR count). The van der Waals surface area contributed by atoms with Gasteiger partial charge in [0.1, 0.15) is 21.1 Å². The maximum absolute atomic E-state index is 11.2. The summed E-state index contributed by atoms with van der Waals surface area (Å²) in [4.78, 5) is 4.34. The van der Waals surface area contributed by atoms with Gasteiger partial charge in [-0.1, -0.05) is 12.1 Å². The Bertz CT molecular complexity index is 729. The van der Waals surface area contributed by atoms with Crippen molar-refractivity contribution in [3.63, 3.8) is 0 Å². The lowest BCUT2D eigenvalue weighted by Crippen LogP contribution is -2.19. The Morgan fingerprint density at radius 2 is 2.10 bits per heavy atom. The summed E-state index contributed by atoms with van der Waals surface area (Å²) in [6, 6.07) is 7.69. The van der Waals surface area contributed by atoms with Crippen LogP contribution in [0.25, 0.3) is 10.9 Å². The third-order valence-electron chi connectivity index (χ3n) is 3.28. The molecule has 0 bridgehead atoms. The van der Waals surface area contributed by atoms with Crippen LogP contribution >= 0.6 is 0 Å². The number of aromatic nitrogens is 1. The number of methoxy groups -OCH3 is 1. The molecule has 0 spiro atoms. The Balaban J connectivity index is 2.23. The quantitative estimate of drug-likeness (QED) is 0.888. The van der Waals surface area contributed by atoms with Crippen LogP contribution in [0, 0.1) is 0 Å². The second-order valence-corrected chi connectivity index (χ2v) is 7.44. The number of nitrogens with one attached hydrogen (secondary N) is 1. The zero-order valence-electron chi connectivity index (χ0n) is 12.5. The van der Waals surface area contributed by atoms with Crippen molar-refractivity contribution in [2.45, 2.75) is 19.4 Å². The molecule has 0 aliphatic carbocycles. The summed E-state index contributed by atoms with van der Waals surface area (Å²) in [5.41, 5.74) is 1.72. The fraction of sp³-hybridized carbons (Fsp3) is 0.400. The average molecular weight is 308 g/mol. The fourth-order valence-electron chi connectivity index (χ4n) is 2.17. The number of para-hydroxylation sites is 1. The largest absolute Gasteiger partial charge is 0.494 e. The van der Waals surface area contributed by atoms with Gasteiger partial charge in [-0.2, -0.15) is 0 Å². The standard InChI is InChI=1S/C15H20N2O3S/c1-11(8-10-21(3,18)19)17-13-7-9-16-15-12(13)5-4-6-14(15)20-2/h4-7,9,11H,8,10H2,1-3H3,(H,16,17). The zero-order chi connectivity index (χ0) is 15.5. The molecule has 1 unspecified atom stereocenters. The highest BCUT2D eigenvalue weighted by molar-refractivity contribution is 7.90. The molecule has 1 N–H and O–H groups in total. The molecule has 1 aromatic carbocycles. The van der Waals surface area contributed by atoms with Crippen LogP contribution in [0.2, 0.25) is 0 Å². The highest BCUT2D eigenvalue weighted by Crippen LogP contribution is 2.29. The van der Waals surface area contributed by atoms with Crippen molar-refractivity contribution in [3.05, 3.63) is 30.5 Å². The first-order valence-electron chi connectivity index (χ1n) is 6.76. The van der Waals surface area contributed by atoms with E-state index in [0.29, 0.717) is 6.42 Å². The molecule has 1 atom stereocenters. The van der Waals surface area contributed by atoms with Crippen LogP contribution in [0.15, 0.2) is 30.5 Å². The first kappa shape index (κ1) is 15.6. The molecule has 0 aliphatic heterocycles. The van der Waals surface area contributed by atoms with Gasteiger partial charge in [0.2, 0.25) is 0 Å². The second kappa shape index (κ2) is 6.30. The summed E-state index contributed by atoms with van der Waals surface area (Å²) in [6.45, 7) is 1.97. The van der Waals surface area contributed by atoms with Crippen molar-refractivity contribution in [1.29, 1.82) is 0 Å². The number of hydrogen-bond donors (Lipinski definition) is 1. The Kier molecular flexibility index (Phi) is 4.67. The van der Waals surface area contributed by atoms with Crippen molar-refractivity contribution in [2.24, 2.45) is 0 Å². The minimum atomic E-state index is -2.94. The van der Waals surface area contributed by atoms with Crippen molar-refractivity contribution in [1.82, 2.24) is 4.98 Å². The van der Waals surface area contributed by atoms with E-state index in [-0.39, 0.29) is 11.8 Å². The maximum Gasteiger partial charge on any atom is 0.147 e. The number of hydrogen-bond acceptors (Lipinski definition) is 5. The van der Waals surface area contributed by atoms with E-state index in [1.807, 2.05) is 31.2 Å². The van der Waals surface area contributed by atoms with Gasteiger partial charge in [-0.25, -0.2) is 8.42 Å². The van der Waals surface area contributed by atoms with Crippen molar-refractivity contribution >= 4 is 26.4 Å². The second-order valence-electron chi connectivity index (χ2n) is 5.18. The average Bonchev–Trinajstić information content (AvgIpc) is 2.44. The van der Waals surface area contributed by atoms with Gasteiger partial charge >= 0.3 is 0 Å². The third-order valence-corrected chi connectivity index (χ3v) is 4.25. The van der Waals surface area contributed by atoms with Crippen molar-refractivity contribution in [2.75, 3.05) is 24.4 Å². The minimum Gasteiger partial charge on any atom is -0.494 e. The number of ether oxygens (including phenoxy) is 1. The Morgan fingerprint density at radius 1 is 1.33 bits per heavy atom. The van der Waals surface area contributed by atoms with Crippen LogP contribution < -0.4 is 10.1 Å². The predicted octanol–water partition coefficient (Wildman–Crippen LogP) is 2.48. The number of nitrogens with zero attached hydrogens (tertiary/aromatic N) is 1. The Hall–Kier alpha value is -1.82. The molecular weight excluding hydrogens is 288 g/mol.